The van der Waals surface area contributed by atoms with Gasteiger partial charge in [0.15, 0.2) is 0 Å². The molecule has 3 aromatic rings. The first-order valence-corrected chi connectivity index (χ1v) is 10.4. The number of piperidine rings is 1. The van der Waals surface area contributed by atoms with Crippen LogP contribution in [0.15, 0.2) is 54.9 Å². The largest absolute Gasteiger partial charge is 0.495 e. The van der Waals surface area contributed by atoms with Crippen LogP contribution in [-0.2, 0) is 4.79 Å². The van der Waals surface area contributed by atoms with Gasteiger partial charge in [-0.15, -0.1) is 0 Å². The van der Waals surface area contributed by atoms with Crippen LogP contribution in [-0.4, -0.2) is 36.1 Å². The van der Waals surface area contributed by atoms with E-state index in [2.05, 4.69) is 15.3 Å². The zero-order valence-electron chi connectivity index (χ0n) is 17.0. The molecule has 1 fully saturated rings. The van der Waals surface area contributed by atoms with Crippen LogP contribution >= 0.6 is 11.6 Å². The van der Waals surface area contributed by atoms with Gasteiger partial charge in [0.05, 0.1) is 18.1 Å². The average molecular weight is 441 g/mol. The molecule has 160 valence electrons. The monoisotopic (exact) mass is 440 g/mol. The summed E-state index contributed by atoms with van der Waals surface area (Å²) in [6.45, 7) is 1.32. The van der Waals surface area contributed by atoms with Gasteiger partial charge in [0, 0.05) is 36.7 Å². The second-order valence-corrected chi connectivity index (χ2v) is 7.81. The van der Waals surface area contributed by atoms with Crippen molar-refractivity contribution in [3.63, 3.8) is 0 Å². The molecule has 2 aromatic carbocycles. The Morgan fingerprint density at radius 1 is 1.16 bits per heavy atom. The molecule has 2 heterocycles. The SMILES string of the molecule is COc1ccc(NC(=O)C2CCCN(c3ncc(-c4ccc(F)cc4)cn3)C2)cc1Cl. The molecule has 31 heavy (non-hydrogen) atoms. The standard InChI is InChI=1S/C23H22ClFN4O2/c1-31-21-9-8-19(11-20(21)24)28-22(30)16-3-2-10-29(14-16)23-26-12-17(13-27-23)15-4-6-18(25)7-5-15/h4-9,11-13,16H,2-3,10,14H2,1H3,(H,28,30). The third-order valence-electron chi connectivity index (χ3n) is 5.31. The summed E-state index contributed by atoms with van der Waals surface area (Å²) in [5.41, 5.74) is 2.29. The van der Waals surface area contributed by atoms with Crippen molar-refractivity contribution in [2.24, 2.45) is 5.92 Å². The van der Waals surface area contributed by atoms with E-state index in [9.17, 15) is 9.18 Å². The number of ether oxygens (including phenoxy) is 1. The molecular weight excluding hydrogens is 419 g/mol. The number of benzene rings is 2. The predicted molar refractivity (Wildman–Crippen MR) is 119 cm³/mol. The van der Waals surface area contributed by atoms with Crippen molar-refractivity contribution in [2.75, 3.05) is 30.4 Å². The van der Waals surface area contributed by atoms with Crippen molar-refractivity contribution in [3.05, 3.63) is 65.7 Å². The van der Waals surface area contributed by atoms with Crippen LogP contribution in [0.1, 0.15) is 12.8 Å². The summed E-state index contributed by atoms with van der Waals surface area (Å²) >= 11 is 6.15. The van der Waals surface area contributed by atoms with Gasteiger partial charge < -0.3 is 15.0 Å². The second kappa shape index (κ2) is 9.31. The quantitative estimate of drug-likeness (QED) is 0.617. The van der Waals surface area contributed by atoms with Gasteiger partial charge in [-0.3, -0.25) is 4.79 Å². The van der Waals surface area contributed by atoms with E-state index >= 15 is 0 Å². The fraction of sp³-hybridized carbons (Fsp3) is 0.261. The molecule has 6 nitrogen and oxygen atoms in total. The molecule has 1 atom stereocenters. The topological polar surface area (TPSA) is 67.3 Å². The summed E-state index contributed by atoms with van der Waals surface area (Å²) < 4.78 is 18.3. The van der Waals surface area contributed by atoms with Gasteiger partial charge in [-0.2, -0.15) is 0 Å². The van der Waals surface area contributed by atoms with E-state index in [-0.39, 0.29) is 17.6 Å². The van der Waals surface area contributed by atoms with Crippen molar-refractivity contribution >= 4 is 29.1 Å². The number of carbonyl (C=O) groups is 1. The van der Waals surface area contributed by atoms with Crippen molar-refractivity contribution in [1.29, 1.82) is 0 Å². The molecule has 0 spiro atoms. The van der Waals surface area contributed by atoms with Crippen LogP contribution in [0.5, 0.6) is 5.75 Å². The highest BCUT2D eigenvalue weighted by atomic mass is 35.5. The molecule has 1 aliphatic heterocycles. The Balaban J connectivity index is 1.41. The minimum absolute atomic E-state index is 0.0612. The summed E-state index contributed by atoms with van der Waals surface area (Å²) in [5.74, 6) is 0.611. The van der Waals surface area contributed by atoms with E-state index in [0.717, 1.165) is 30.5 Å². The molecule has 0 saturated carbocycles. The number of amides is 1. The lowest BCUT2D eigenvalue weighted by Gasteiger charge is -2.32. The van der Waals surface area contributed by atoms with E-state index < -0.39 is 0 Å². The van der Waals surface area contributed by atoms with E-state index in [1.54, 1.807) is 49.8 Å². The zero-order chi connectivity index (χ0) is 21.8. The smallest absolute Gasteiger partial charge is 0.229 e. The van der Waals surface area contributed by atoms with Gasteiger partial charge in [-0.1, -0.05) is 23.7 Å². The maximum atomic E-state index is 13.1. The van der Waals surface area contributed by atoms with Crippen molar-refractivity contribution in [3.8, 4) is 16.9 Å². The Morgan fingerprint density at radius 3 is 2.58 bits per heavy atom. The molecule has 0 aliphatic carbocycles. The van der Waals surface area contributed by atoms with Crippen LogP contribution in [0, 0.1) is 11.7 Å². The van der Waals surface area contributed by atoms with Gasteiger partial charge in [-0.25, -0.2) is 14.4 Å². The molecule has 1 amide bonds. The number of hydrogen-bond donors (Lipinski definition) is 1. The first-order chi connectivity index (χ1) is 15.0. The summed E-state index contributed by atoms with van der Waals surface area (Å²) in [6.07, 6.45) is 5.10. The lowest BCUT2D eigenvalue weighted by atomic mass is 9.97. The first-order valence-electron chi connectivity index (χ1n) is 10.0. The van der Waals surface area contributed by atoms with Crippen molar-refractivity contribution in [2.45, 2.75) is 12.8 Å². The van der Waals surface area contributed by atoms with E-state index in [0.29, 0.717) is 29.0 Å². The number of nitrogens with zero attached hydrogens (tertiary/aromatic N) is 3. The highest BCUT2D eigenvalue weighted by Gasteiger charge is 2.27. The molecule has 0 bridgehead atoms. The number of rotatable bonds is 5. The molecule has 0 radical (unpaired) electrons. The number of anilines is 2. The van der Waals surface area contributed by atoms with Gasteiger partial charge in [0.25, 0.3) is 0 Å². The number of aromatic nitrogens is 2. The molecule has 4 rings (SSSR count). The number of halogens is 2. The fourth-order valence-electron chi connectivity index (χ4n) is 3.64. The first kappa shape index (κ1) is 21.1. The Kier molecular flexibility index (Phi) is 6.32. The second-order valence-electron chi connectivity index (χ2n) is 7.40. The maximum absolute atomic E-state index is 13.1. The van der Waals surface area contributed by atoms with Crippen molar-refractivity contribution in [1.82, 2.24) is 9.97 Å². The zero-order valence-corrected chi connectivity index (χ0v) is 17.8. The van der Waals surface area contributed by atoms with Crippen LogP contribution in [0.2, 0.25) is 5.02 Å². The molecule has 1 saturated heterocycles. The molecule has 8 heteroatoms. The minimum atomic E-state index is -0.282. The van der Waals surface area contributed by atoms with Crippen LogP contribution in [0.25, 0.3) is 11.1 Å². The van der Waals surface area contributed by atoms with Crippen LogP contribution < -0.4 is 15.0 Å². The van der Waals surface area contributed by atoms with Gasteiger partial charge >= 0.3 is 0 Å². The lowest BCUT2D eigenvalue weighted by Crippen LogP contribution is -2.41. The van der Waals surface area contributed by atoms with Crippen molar-refractivity contribution < 1.29 is 13.9 Å². The molecular formula is C23H22ClFN4O2. The van der Waals surface area contributed by atoms with Gasteiger partial charge in [-0.05, 0) is 48.7 Å². The highest BCUT2D eigenvalue weighted by Crippen LogP contribution is 2.28. The summed E-state index contributed by atoms with van der Waals surface area (Å²) in [7, 11) is 1.55. The summed E-state index contributed by atoms with van der Waals surface area (Å²) in [4.78, 5) is 23.7. The Labute approximate surface area is 185 Å². The van der Waals surface area contributed by atoms with E-state index in [4.69, 9.17) is 16.3 Å². The number of hydrogen-bond acceptors (Lipinski definition) is 5. The molecule has 1 N–H and O–H groups in total. The molecule has 1 aliphatic rings. The highest BCUT2D eigenvalue weighted by molar-refractivity contribution is 6.32. The Morgan fingerprint density at radius 2 is 1.90 bits per heavy atom. The number of carbonyl (C=O) groups excluding carboxylic acids is 1. The van der Waals surface area contributed by atoms with E-state index in [1.165, 1.54) is 12.1 Å². The average Bonchev–Trinajstić information content (AvgIpc) is 2.80. The number of methoxy groups -OCH3 is 1. The molecule has 1 aromatic heterocycles. The lowest BCUT2D eigenvalue weighted by molar-refractivity contribution is -0.120. The maximum Gasteiger partial charge on any atom is 0.229 e. The third kappa shape index (κ3) is 4.94. The Bertz CT molecular complexity index is 1060. The minimum Gasteiger partial charge on any atom is -0.495 e. The Hall–Kier alpha value is -3.19. The fourth-order valence-corrected chi connectivity index (χ4v) is 3.89. The van der Waals surface area contributed by atoms with E-state index in [1.807, 2.05) is 4.90 Å². The van der Waals surface area contributed by atoms with Gasteiger partial charge in [0.2, 0.25) is 11.9 Å². The summed E-state index contributed by atoms with van der Waals surface area (Å²) in [6, 6.07) is 11.4. The van der Waals surface area contributed by atoms with Crippen LogP contribution in [0.3, 0.4) is 0 Å². The summed E-state index contributed by atoms with van der Waals surface area (Å²) in [5, 5.41) is 3.38. The van der Waals surface area contributed by atoms with Gasteiger partial charge in [0.1, 0.15) is 11.6 Å². The van der Waals surface area contributed by atoms with Crippen LogP contribution in [0.4, 0.5) is 16.0 Å². The normalized spacial score (nSPS) is 16.1. The predicted octanol–water partition coefficient (Wildman–Crippen LogP) is 4.80. The number of nitrogens with one attached hydrogen (secondary N) is 1. The third-order valence-corrected chi connectivity index (χ3v) is 5.61. The molecule has 1 unspecified atom stereocenters.